The molecule has 3 heteroatoms. The van der Waals surface area contributed by atoms with Crippen LogP contribution in [0.25, 0.3) is 0 Å². The third-order valence-electron chi connectivity index (χ3n) is 4.65. The van der Waals surface area contributed by atoms with Crippen molar-refractivity contribution < 1.29 is 5.11 Å². The molecule has 0 aliphatic carbocycles. The Labute approximate surface area is 103 Å². The number of anilines is 1. The summed E-state index contributed by atoms with van der Waals surface area (Å²) >= 11 is 0. The Balaban J connectivity index is 2.22. The third kappa shape index (κ3) is 1.20. The van der Waals surface area contributed by atoms with E-state index in [-0.39, 0.29) is 5.41 Å². The smallest absolute Gasteiger partial charge is 0.118 e. The molecule has 3 rings (SSSR count). The number of benzene rings is 1. The Morgan fingerprint density at radius 1 is 1.35 bits per heavy atom. The van der Waals surface area contributed by atoms with E-state index in [9.17, 15) is 5.11 Å². The maximum absolute atomic E-state index is 9.94. The molecule has 0 aromatic heterocycles. The van der Waals surface area contributed by atoms with Crippen molar-refractivity contribution in [3.05, 3.63) is 23.3 Å². The molecule has 0 radical (unpaired) electrons. The van der Waals surface area contributed by atoms with Crippen molar-refractivity contribution in [1.29, 1.82) is 0 Å². The van der Waals surface area contributed by atoms with E-state index >= 15 is 0 Å². The second-order valence-corrected chi connectivity index (χ2v) is 5.79. The number of phenols is 1. The standard InChI is InChI=1S/C14H20N2O/c1-9-7-11-10(8-12(9)17)14(2)5-6-15(3)13(14)16(11)4/h7-8,13,17H,5-6H2,1-4H3/t13-,14+/m1/s1. The second kappa shape index (κ2) is 3.16. The summed E-state index contributed by atoms with van der Waals surface area (Å²) in [6.07, 6.45) is 1.59. The molecule has 2 heterocycles. The first kappa shape index (κ1) is 10.9. The number of nitrogens with zero attached hydrogens (tertiary/aromatic N) is 2. The van der Waals surface area contributed by atoms with E-state index in [1.807, 2.05) is 13.0 Å². The highest BCUT2D eigenvalue weighted by molar-refractivity contribution is 5.67. The van der Waals surface area contributed by atoms with Crippen LogP contribution in [0.3, 0.4) is 0 Å². The molecule has 0 amide bonds. The van der Waals surface area contributed by atoms with Crippen LogP contribution >= 0.6 is 0 Å². The highest BCUT2D eigenvalue weighted by atomic mass is 16.3. The fourth-order valence-electron chi connectivity index (χ4n) is 3.71. The minimum Gasteiger partial charge on any atom is -0.508 e. The summed E-state index contributed by atoms with van der Waals surface area (Å²) in [4.78, 5) is 4.77. The summed E-state index contributed by atoms with van der Waals surface area (Å²) in [5.74, 6) is 0.425. The van der Waals surface area contributed by atoms with Crippen LogP contribution in [-0.2, 0) is 5.41 Å². The lowest BCUT2D eigenvalue weighted by atomic mass is 9.81. The van der Waals surface area contributed by atoms with E-state index in [0.29, 0.717) is 11.9 Å². The van der Waals surface area contributed by atoms with Crippen LogP contribution in [0.5, 0.6) is 5.75 Å². The van der Waals surface area contributed by atoms with Crippen molar-refractivity contribution >= 4 is 5.69 Å². The Hall–Kier alpha value is -1.22. The minimum atomic E-state index is 0.157. The molecule has 2 aliphatic rings. The van der Waals surface area contributed by atoms with E-state index < -0.39 is 0 Å². The normalized spacial score (nSPS) is 31.8. The van der Waals surface area contributed by atoms with Crippen LogP contribution in [0.2, 0.25) is 0 Å². The summed E-state index contributed by atoms with van der Waals surface area (Å²) in [6, 6.07) is 4.09. The topological polar surface area (TPSA) is 26.7 Å². The monoisotopic (exact) mass is 232 g/mol. The molecular formula is C14H20N2O. The number of aryl methyl sites for hydroxylation is 1. The van der Waals surface area contributed by atoms with Crippen molar-refractivity contribution in [2.24, 2.45) is 0 Å². The molecule has 3 nitrogen and oxygen atoms in total. The third-order valence-corrected chi connectivity index (χ3v) is 4.65. The lowest BCUT2D eigenvalue weighted by molar-refractivity contribution is 0.268. The van der Waals surface area contributed by atoms with Crippen molar-refractivity contribution in [1.82, 2.24) is 4.90 Å². The van der Waals surface area contributed by atoms with Crippen molar-refractivity contribution in [2.75, 3.05) is 25.5 Å². The summed E-state index contributed by atoms with van der Waals surface area (Å²) in [7, 11) is 4.35. The van der Waals surface area contributed by atoms with Gasteiger partial charge in [-0.2, -0.15) is 0 Å². The van der Waals surface area contributed by atoms with E-state index in [1.54, 1.807) is 0 Å². The summed E-state index contributed by atoms with van der Waals surface area (Å²) in [5, 5.41) is 9.94. The number of aromatic hydroxyl groups is 1. The molecule has 1 N–H and O–H groups in total. The second-order valence-electron chi connectivity index (χ2n) is 5.79. The predicted molar refractivity (Wildman–Crippen MR) is 69.6 cm³/mol. The van der Waals surface area contributed by atoms with Crippen LogP contribution in [0.4, 0.5) is 5.69 Å². The van der Waals surface area contributed by atoms with E-state index in [4.69, 9.17) is 0 Å². The Kier molecular flexibility index (Phi) is 2.03. The number of phenolic OH excluding ortho intramolecular Hbond substituents is 1. The van der Waals surface area contributed by atoms with Crippen LogP contribution in [0, 0.1) is 6.92 Å². The number of hydrogen-bond acceptors (Lipinski definition) is 3. The Bertz CT molecular complexity index is 485. The van der Waals surface area contributed by atoms with Crippen LogP contribution < -0.4 is 4.90 Å². The van der Waals surface area contributed by atoms with Crippen LogP contribution in [0.15, 0.2) is 12.1 Å². The van der Waals surface area contributed by atoms with Gasteiger partial charge in [0.05, 0.1) is 6.17 Å². The molecule has 2 atom stereocenters. The maximum Gasteiger partial charge on any atom is 0.118 e. The van der Waals surface area contributed by atoms with Crippen LogP contribution in [0.1, 0.15) is 24.5 Å². The van der Waals surface area contributed by atoms with Gasteiger partial charge in [0.25, 0.3) is 0 Å². The fourth-order valence-corrected chi connectivity index (χ4v) is 3.71. The molecule has 1 fully saturated rings. The summed E-state index contributed by atoms with van der Waals surface area (Å²) in [6.45, 7) is 5.40. The van der Waals surface area contributed by atoms with Gasteiger partial charge in [-0.05, 0) is 43.7 Å². The van der Waals surface area contributed by atoms with Crippen molar-refractivity contribution in [3.63, 3.8) is 0 Å². The zero-order valence-electron chi connectivity index (χ0n) is 11.0. The van der Waals surface area contributed by atoms with E-state index in [2.05, 4.69) is 36.9 Å². The van der Waals surface area contributed by atoms with Gasteiger partial charge in [-0.3, -0.25) is 4.90 Å². The van der Waals surface area contributed by atoms with Gasteiger partial charge < -0.3 is 10.0 Å². The Morgan fingerprint density at radius 3 is 2.76 bits per heavy atom. The van der Waals surface area contributed by atoms with Crippen molar-refractivity contribution in [3.8, 4) is 5.75 Å². The first-order valence-corrected chi connectivity index (χ1v) is 6.22. The average Bonchev–Trinajstić information content (AvgIpc) is 2.67. The van der Waals surface area contributed by atoms with Gasteiger partial charge in [0.1, 0.15) is 5.75 Å². The lowest BCUT2D eigenvalue weighted by Gasteiger charge is -2.32. The number of rotatable bonds is 0. The molecule has 92 valence electrons. The van der Waals surface area contributed by atoms with E-state index in [1.165, 1.54) is 11.3 Å². The molecule has 1 saturated heterocycles. The largest absolute Gasteiger partial charge is 0.508 e. The van der Waals surface area contributed by atoms with Gasteiger partial charge in [0.15, 0.2) is 0 Å². The highest BCUT2D eigenvalue weighted by Gasteiger charge is 2.52. The lowest BCUT2D eigenvalue weighted by Crippen LogP contribution is -2.45. The summed E-state index contributed by atoms with van der Waals surface area (Å²) in [5.41, 5.74) is 3.70. The van der Waals surface area contributed by atoms with E-state index in [0.717, 1.165) is 18.5 Å². The molecule has 0 unspecified atom stereocenters. The quantitative estimate of drug-likeness (QED) is 0.742. The molecule has 1 aromatic carbocycles. The van der Waals surface area contributed by atoms with Gasteiger partial charge in [0, 0.05) is 24.7 Å². The SMILES string of the molecule is Cc1cc2c(cc1O)[C@]1(C)CCN(C)[C@@H]1N2C. The number of fused-ring (bicyclic) bond motifs is 3. The van der Waals surface area contributed by atoms with Gasteiger partial charge >= 0.3 is 0 Å². The summed E-state index contributed by atoms with van der Waals surface area (Å²) < 4.78 is 0. The molecule has 1 aromatic rings. The molecule has 0 bridgehead atoms. The number of likely N-dealkylation sites (N-methyl/N-ethyl adjacent to an activating group) is 2. The predicted octanol–water partition coefficient (Wildman–Crippen LogP) is 2.07. The highest BCUT2D eigenvalue weighted by Crippen LogP contribution is 2.52. The maximum atomic E-state index is 9.94. The minimum absolute atomic E-state index is 0.157. The molecular weight excluding hydrogens is 212 g/mol. The average molecular weight is 232 g/mol. The van der Waals surface area contributed by atoms with Gasteiger partial charge in [-0.1, -0.05) is 6.92 Å². The number of likely N-dealkylation sites (tertiary alicyclic amines) is 1. The number of hydrogen-bond donors (Lipinski definition) is 1. The van der Waals surface area contributed by atoms with Gasteiger partial charge in [0.2, 0.25) is 0 Å². The molecule has 17 heavy (non-hydrogen) atoms. The van der Waals surface area contributed by atoms with Crippen LogP contribution in [-0.4, -0.2) is 36.8 Å². The molecule has 0 spiro atoms. The van der Waals surface area contributed by atoms with Gasteiger partial charge in [-0.15, -0.1) is 0 Å². The zero-order valence-corrected chi connectivity index (χ0v) is 11.0. The van der Waals surface area contributed by atoms with Gasteiger partial charge in [-0.25, -0.2) is 0 Å². The first-order chi connectivity index (χ1) is 7.95. The van der Waals surface area contributed by atoms with Crippen molar-refractivity contribution in [2.45, 2.75) is 31.8 Å². The fraction of sp³-hybridized carbons (Fsp3) is 0.571. The Morgan fingerprint density at radius 2 is 2.06 bits per heavy atom. The zero-order chi connectivity index (χ0) is 12.4. The molecule has 0 saturated carbocycles. The molecule has 2 aliphatic heterocycles. The first-order valence-electron chi connectivity index (χ1n) is 6.22.